The van der Waals surface area contributed by atoms with Crippen LogP contribution in [-0.2, 0) is 15.1 Å². The molecule has 0 saturated carbocycles. The van der Waals surface area contributed by atoms with Gasteiger partial charge in [-0.3, -0.25) is 4.79 Å². The molecule has 0 amide bonds. The van der Waals surface area contributed by atoms with Gasteiger partial charge in [-0.1, -0.05) is 34.6 Å². The number of aromatic amines is 1. The molecule has 3 aromatic rings. The van der Waals surface area contributed by atoms with E-state index in [2.05, 4.69) is 27.5 Å². The summed E-state index contributed by atoms with van der Waals surface area (Å²) >= 11 is 3.42. The van der Waals surface area contributed by atoms with E-state index in [0.717, 1.165) is 20.9 Å². The molecule has 0 spiro atoms. The third-order valence-corrected chi connectivity index (χ3v) is 5.14. The van der Waals surface area contributed by atoms with Crippen LogP contribution in [-0.4, -0.2) is 17.6 Å². The number of nitrogens with one attached hydrogen (secondary N) is 1. The van der Waals surface area contributed by atoms with Crippen LogP contribution in [0.4, 0.5) is 0 Å². The molecule has 1 N–H and O–H groups in total. The molecule has 2 heterocycles. The first kappa shape index (κ1) is 17.5. The molecular formula is C21H16BrNO4. The molecular weight excluding hydrogens is 410 g/mol. The Bertz CT molecular complexity index is 1090. The first-order chi connectivity index (χ1) is 12.9. The summed E-state index contributed by atoms with van der Waals surface area (Å²) < 4.78 is 12.6. The van der Waals surface area contributed by atoms with Crippen molar-refractivity contribution in [2.75, 3.05) is 6.61 Å². The molecule has 136 valence electrons. The van der Waals surface area contributed by atoms with Crippen molar-refractivity contribution in [3.8, 4) is 5.75 Å². The largest absolute Gasteiger partial charge is 0.489 e. The maximum absolute atomic E-state index is 12.0. The molecule has 1 atom stereocenters. The van der Waals surface area contributed by atoms with E-state index >= 15 is 0 Å². The Morgan fingerprint density at radius 1 is 1.11 bits per heavy atom. The number of fused-ring (bicyclic) bond motifs is 1. The SMILES string of the molecule is C=C1CC(COc2ccc3[nH]c(=O)ccc3c2)(c2ccc(Br)cc2)OC1=O. The molecule has 0 bridgehead atoms. The summed E-state index contributed by atoms with van der Waals surface area (Å²) in [4.78, 5) is 26.2. The summed E-state index contributed by atoms with van der Waals surface area (Å²) in [6, 6.07) is 16.2. The zero-order chi connectivity index (χ0) is 19.0. The predicted octanol–water partition coefficient (Wildman–Crippen LogP) is 4.07. The van der Waals surface area contributed by atoms with Gasteiger partial charge < -0.3 is 14.5 Å². The van der Waals surface area contributed by atoms with Crippen LogP contribution in [0.25, 0.3) is 10.9 Å². The van der Waals surface area contributed by atoms with Crippen LogP contribution in [0.5, 0.6) is 5.75 Å². The van der Waals surface area contributed by atoms with Gasteiger partial charge in [-0.15, -0.1) is 0 Å². The molecule has 27 heavy (non-hydrogen) atoms. The van der Waals surface area contributed by atoms with Gasteiger partial charge in [0, 0.05) is 33.4 Å². The maximum atomic E-state index is 12.0. The fourth-order valence-corrected chi connectivity index (χ4v) is 3.47. The number of cyclic esters (lactones) is 1. The number of benzene rings is 2. The van der Waals surface area contributed by atoms with Gasteiger partial charge in [0.1, 0.15) is 12.4 Å². The van der Waals surface area contributed by atoms with Crippen LogP contribution < -0.4 is 10.3 Å². The van der Waals surface area contributed by atoms with Gasteiger partial charge in [-0.2, -0.15) is 0 Å². The molecule has 1 aliphatic heterocycles. The average Bonchev–Trinajstić information content (AvgIpc) is 2.95. The number of hydrogen-bond acceptors (Lipinski definition) is 4. The number of ether oxygens (including phenoxy) is 2. The number of halogens is 1. The van der Waals surface area contributed by atoms with Crippen molar-refractivity contribution in [1.82, 2.24) is 4.98 Å². The van der Waals surface area contributed by atoms with Crippen molar-refractivity contribution >= 4 is 32.8 Å². The summed E-state index contributed by atoms with van der Waals surface area (Å²) in [6.07, 6.45) is 0.369. The van der Waals surface area contributed by atoms with Crippen molar-refractivity contribution in [1.29, 1.82) is 0 Å². The number of rotatable bonds is 4. The highest BCUT2D eigenvalue weighted by molar-refractivity contribution is 9.10. The topological polar surface area (TPSA) is 68.4 Å². The molecule has 1 aromatic heterocycles. The normalized spacial score (nSPS) is 19.3. The number of carbonyl (C=O) groups is 1. The van der Waals surface area contributed by atoms with E-state index in [1.165, 1.54) is 6.07 Å². The first-order valence-electron chi connectivity index (χ1n) is 8.38. The molecule has 0 radical (unpaired) electrons. The van der Waals surface area contributed by atoms with Crippen molar-refractivity contribution < 1.29 is 14.3 Å². The van der Waals surface area contributed by atoms with Gasteiger partial charge in [0.05, 0.1) is 0 Å². The van der Waals surface area contributed by atoms with E-state index in [0.29, 0.717) is 17.7 Å². The molecule has 2 aromatic carbocycles. The summed E-state index contributed by atoms with van der Waals surface area (Å²) in [5.41, 5.74) is 0.953. The number of carbonyl (C=O) groups excluding carboxylic acids is 1. The van der Waals surface area contributed by atoms with Crippen molar-refractivity contribution in [2.24, 2.45) is 0 Å². The number of hydrogen-bond donors (Lipinski definition) is 1. The van der Waals surface area contributed by atoms with Gasteiger partial charge in [0.2, 0.25) is 5.56 Å². The molecule has 1 unspecified atom stereocenters. The van der Waals surface area contributed by atoms with Crippen molar-refractivity contribution in [3.63, 3.8) is 0 Å². The van der Waals surface area contributed by atoms with E-state index in [-0.39, 0.29) is 12.2 Å². The molecule has 0 aliphatic carbocycles. The smallest absolute Gasteiger partial charge is 0.334 e. The van der Waals surface area contributed by atoms with E-state index in [1.807, 2.05) is 30.3 Å². The Balaban J connectivity index is 1.64. The molecule has 1 saturated heterocycles. The monoisotopic (exact) mass is 425 g/mol. The Hall–Kier alpha value is -2.86. The van der Waals surface area contributed by atoms with Crippen molar-refractivity contribution in [2.45, 2.75) is 12.0 Å². The van der Waals surface area contributed by atoms with Crippen LogP contribution in [0.15, 0.2) is 76.0 Å². The minimum Gasteiger partial charge on any atom is -0.489 e. The summed E-state index contributed by atoms with van der Waals surface area (Å²) in [5.74, 6) is 0.220. The van der Waals surface area contributed by atoms with Crippen molar-refractivity contribution in [3.05, 3.63) is 87.1 Å². The number of H-pyrrole nitrogens is 1. The van der Waals surface area contributed by atoms with Gasteiger partial charge in [0.25, 0.3) is 0 Å². The maximum Gasteiger partial charge on any atom is 0.334 e. The van der Waals surface area contributed by atoms with Crippen LogP contribution in [0.2, 0.25) is 0 Å². The zero-order valence-corrected chi connectivity index (χ0v) is 15.9. The van der Waals surface area contributed by atoms with Gasteiger partial charge in [-0.05, 0) is 42.0 Å². The zero-order valence-electron chi connectivity index (χ0n) is 14.3. The molecule has 1 aliphatic rings. The second kappa shape index (κ2) is 6.70. The third-order valence-electron chi connectivity index (χ3n) is 4.61. The van der Waals surface area contributed by atoms with E-state index in [4.69, 9.17) is 9.47 Å². The fourth-order valence-electron chi connectivity index (χ4n) is 3.20. The number of esters is 1. The van der Waals surface area contributed by atoms with Gasteiger partial charge >= 0.3 is 5.97 Å². The fraction of sp³-hybridized carbons (Fsp3) is 0.143. The lowest BCUT2D eigenvalue weighted by Gasteiger charge is -2.28. The molecule has 6 heteroatoms. The Morgan fingerprint density at radius 3 is 2.59 bits per heavy atom. The second-order valence-corrected chi connectivity index (χ2v) is 7.45. The van der Waals surface area contributed by atoms with Gasteiger partial charge in [-0.25, -0.2) is 4.79 Å². The first-order valence-corrected chi connectivity index (χ1v) is 9.18. The van der Waals surface area contributed by atoms with Crippen LogP contribution in [0.1, 0.15) is 12.0 Å². The summed E-state index contributed by atoms with van der Waals surface area (Å²) in [7, 11) is 0. The highest BCUT2D eigenvalue weighted by Crippen LogP contribution is 2.40. The van der Waals surface area contributed by atoms with E-state index in [1.54, 1.807) is 18.2 Å². The van der Waals surface area contributed by atoms with E-state index in [9.17, 15) is 9.59 Å². The van der Waals surface area contributed by atoms with Crippen LogP contribution in [0.3, 0.4) is 0 Å². The molecule has 1 fully saturated rings. The number of pyridine rings is 1. The molecule has 5 nitrogen and oxygen atoms in total. The quantitative estimate of drug-likeness (QED) is 0.505. The van der Waals surface area contributed by atoms with Crippen LogP contribution in [0, 0.1) is 0 Å². The minimum absolute atomic E-state index is 0.151. The van der Waals surface area contributed by atoms with Crippen LogP contribution >= 0.6 is 15.9 Å². The summed E-state index contributed by atoms with van der Waals surface area (Å²) in [6.45, 7) is 3.97. The highest BCUT2D eigenvalue weighted by atomic mass is 79.9. The van der Waals surface area contributed by atoms with E-state index < -0.39 is 11.6 Å². The Labute approximate surface area is 163 Å². The average molecular weight is 426 g/mol. The highest BCUT2D eigenvalue weighted by Gasteiger charge is 2.45. The third kappa shape index (κ3) is 3.40. The Kier molecular flexibility index (Phi) is 4.36. The lowest BCUT2D eigenvalue weighted by molar-refractivity contribution is -0.150. The summed E-state index contributed by atoms with van der Waals surface area (Å²) in [5, 5.41) is 0.859. The Morgan fingerprint density at radius 2 is 1.89 bits per heavy atom. The lowest BCUT2D eigenvalue weighted by Crippen LogP contribution is -2.33. The minimum atomic E-state index is -0.908. The van der Waals surface area contributed by atoms with Gasteiger partial charge in [0.15, 0.2) is 5.60 Å². The predicted molar refractivity (Wildman–Crippen MR) is 106 cm³/mol. The molecule has 4 rings (SSSR count). The lowest BCUT2D eigenvalue weighted by atomic mass is 9.90. The standard InChI is InChI=1S/C21H16BrNO4/c1-13-11-21(27-20(13)25,15-3-5-16(22)6-4-15)12-26-17-7-8-18-14(10-17)2-9-19(24)23-18/h2-10H,1,11-12H2,(H,23,24). The second-order valence-electron chi connectivity index (χ2n) is 6.53. The number of aromatic nitrogens is 1.